The van der Waals surface area contributed by atoms with E-state index >= 15 is 0 Å². The van der Waals surface area contributed by atoms with Gasteiger partial charge in [-0.15, -0.1) is 29.7 Å². The first-order valence-corrected chi connectivity index (χ1v) is 9.83. The van der Waals surface area contributed by atoms with Gasteiger partial charge in [-0.2, -0.15) is 0 Å². The second-order valence-electron chi connectivity index (χ2n) is 6.20. The van der Waals surface area contributed by atoms with Gasteiger partial charge in [0.25, 0.3) is 0 Å². The fourth-order valence-electron chi connectivity index (χ4n) is 3.42. The van der Waals surface area contributed by atoms with Crippen molar-refractivity contribution in [3.05, 3.63) is 35.8 Å². The number of hydrogen-bond acceptors (Lipinski definition) is 5. The normalized spacial score (nSPS) is 14.0. The number of aryl methyl sites for hydroxylation is 1. The molecule has 3 heterocycles. The molecule has 0 amide bonds. The summed E-state index contributed by atoms with van der Waals surface area (Å²) in [5.41, 5.74) is 5.34. The van der Waals surface area contributed by atoms with Crippen molar-refractivity contribution in [2.24, 2.45) is 0 Å². The van der Waals surface area contributed by atoms with E-state index in [1.807, 2.05) is 6.08 Å². The highest BCUT2D eigenvalue weighted by atomic mass is 32.2. The highest BCUT2D eigenvalue weighted by molar-refractivity contribution is 7.99. The van der Waals surface area contributed by atoms with E-state index in [2.05, 4.69) is 30.4 Å². The molecule has 0 saturated carbocycles. The van der Waals surface area contributed by atoms with E-state index < -0.39 is 0 Å². The summed E-state index contributed by atoms with van der Waals surface area (Å²) in [7, 11) is 0. The maximum absolute atomic E-state index is 5.03. The largest absolute Gasteiger partial charge is 0.241 e. The second kappa shape index (κ2) is 5.87. The van der Waals surface area contributed by atoms with Crippen LogP contribution in [0.25, 0.3) is 20.4 Å². The van der Waals surface area contributed by atoms with Crippen molar-refractivity contribution in [1.82, 2.24) is 15.0 Å². The summed E-state index contributed by atoms with van der Waals surface area (Å²) in [6.45, 7) is 8.29. The molecule has 0 N–H and O–H groups in total. The average Bonchev–Trinajstić information content (AvgIpc) is 3.15. The Morgan fingerprint density at radius 2 is 2.13 bits per heavy atom. The molecule has 5 heteroatoms. The first kappa shape index (κ1) is 15.1. The summed E-state index contributed by atoms with van der Waals surface area (Å²) in [5.74, 6) is 1.33. The molecule has 0 fully saturated rings. The zero-order valence-corrected chi connectivity index (χ0v) is 15.1. The zero-order chi connectivity index (χ0) is 16.0. The van der Waals surface area contributed by atoms with Crippen molar-refractivity contribution in [2.45, 2.75) is 44.1 Å². The van der Waals surface area contributed by atoms with Gasteiger partial charge in [0.05, 0.1) is 10.2 Å². The van der Waals surface area contributed by atoms with E-state index in [9.17, 15) is 0 Å². The van der Waals surface area contributed by atoms with Crippen LogP contribution in [0.15, 0.2) is 24.0 Å². The van der Waals surface area contributed by atoms with E-state index in [1.165, 1.54) is 33.3 Å². The number of aromatic nitrogens is 3. The molecule has 1 aliphatic rings. The topological polar surface area (TPSA) is 38.7 Å². The molecule has 0 atom stereocenters. The molecule has 118 valence electrons. The van der Waals surface area contributed by atoms with Crippen LogP contribution in [0.2, 0.25) is 0 Å². The minimum absolute atomic E-state index is 0.470. The minimum Gasteiger partial charge on any atom is -0.241 e. The smallest absolute Gasteiger partial charge is 0.126 e. The summed E-state index contributed by atoms with van der Waals surface area (Å²) >= 11 is 3.47. The third-order valence-corrected chi connectivity index (χ3v) is 6.55. The van der Waals surface area contributed by atoms with Crippen LogP contribution in [0.5, 0.6) is 0 Å². The quantitative estimate of drug-likeness (QED) is 0.375. The van der Waals surface area contributed by atoms with Crippen LogP contribution in [-0.2, 0) is 12.8 Å². The van der Waals surface area contributed by atoms with Crippen LogP contribution >= 0.6 is 23.1 Å². The first-order chi connectivity index (χ1) is 11.2. The van der Waals surface area contributed by atoms with Gasteiger partial charge in [-0.25, -0.2) is 15.0 Å². The maximum atomic E-state index is 5.03. The predicted molar refractivity (Wildman–Crippen MR) is 99.8 cm³/mol. The summed E-state index contributed by atoms with van der Waals surface area (Å²) in [6.07, 6.45) is 7.15. The van der Waals surface area contributed by atoms with E-state index in [4.69, 9.17) is 4.98 Å². The van der Waals surface area contributed by atoms with Gasteiger partial charge in [0.2, 0.25) is 0 Å². The van der Waals surface area contributed by atoms with Gasteiger partial charge >= 0.3 is 0 Å². The lowest BCUT2D eigenvalue weighted by atomic mass is 9.99. The number of pyridine rings is 1. The molecular formula is C18H19N3S2. The maximum Gasteiger partial charge on any atom is 0.126 e. The molecule has 0 unspecified atom stereocenters. The molecule has 3 nitrogen and oxygen atoms in total. The standard InChI is InChI=1S/C18H19N3S2/c1-4-8-22-18-16-15(19-9-20-18)13-11-6-5-7-12(11)14(10(2)3)21-17(13)23-16/h4,9-10H,1,5-8H2,2-3H3. The Hall–Kier alpha value is -1.46. The molecule has 23 heavy (non-hydrogen) atoms. The number of nitrogens with zero attached hydrogens (tertiary/aromatic N) is 3. The third kappa shape index (κ3) is 2.37. The Bertz CT molecular complexity index is 912. The molecule has 0 spiro atoms. The van der Waals surface area contributed by atoms with Crippen molar-refractivity contribution < 1.29 is 0 Å². The Morgan fingerprint density at radius 1 is 1.30 bits per heavy atom. The van der Waals surface area contributed by atoms with Crippen LogP contribution in [0.3, 0.4) is 0 Å². The number of fused-ring (bicyclic) bond motifs is 5. The van der Waals surface area contributed by atoms with Crippen molar-refractivity contribution in [1.29, 1.82) is 0 Å². The molecule has 0 saturated heterocycles. The van der Waals surface area contributed by atoms with Crippen LogP contribution in [0, 0.1) is 0 Å². The van der Waals surface area contributed by atoms with Gasteiger partial charge in [-0.3, -0.25) is 0 Å². The molecule has 3 aromatic heterocycles. The van der Waals surface area contributed by atoms with Crippen molar-refractivity contribution in [2.75, 3.05) is 5.75 Å². The summed E-state index contributed by atoms with van der Waals surface area (Å²) in [5, 5.41) is 2.33. The summed E-state index contributed by atoms with van der Waals surface area (Å²) in [6, 6.07) is 0. The van der Waals surface area contributed by atoms with E-state index in [1.54, 1.807) is 29.4 Å². The average molecular weight is 342 g/mol. The van der Waals surface area contributed by atoms with Crippen molar-refractivity contribution in [3.63, 3.8) is 0 Å². The van der Waals surface area contributed by atoms with E-state index in [0.717, 1.165) is 34.0 Å². The zero-order valence-electron chi connectivity index (χ0n) is 13.4. The van der Waals surface area contributed by atoms with Crippen LogP contribution in [0.4, 0.5) is 0 Å². The molecule has 4 rings (SSSR count). The van der Waals surface area contributed by atoms with Gasteiger partial charge < -0.3 is 0 Å². The Kier molecular flexibility index (Phi) is 3.85. The number of thiophene rings is 1. The monoisotopic (exact) mass is 341 g/mol. The summed E-state index contributed by atoms with van der Waals surface area (Å²) < 4.78 is 1.18. The van der Waals surface area contributed by atoms with Crippen LogP contribution < -0.4 is 0 Å². The fraction of sp³-hybridized carbons (Fsp3) is 0.389. The van der Waals surface area contributed by atoms with Crippen LogP contribution in [-0.4, -0.2) is 20.7 Å². The molecular weight excluding hydrogens is 322 g/mol. The highest BCUT2D eigenvalue weighted by Crippen LogP contribution is 2.42. The van der Waals surface area contributed by atoms with Crippen LogP contribution in [0.1, 0.15) is 43.0 Å². The lowest BCUT2D eigenvalue weighted by Crippen LogP contribution is -2.00. The number of hydrogen-bond donors (Lipinski definition) is 0. The SMILES string of the molecule is C=CCSc1ncnc2c1sc1nc(C(C)C)c3c(c12)CCC3. The van der Waals surface area contributed by atoms with Gasteiger partial charge in [0.1, 0.15) is 16.2 Å². The highest BCUT2D eigenvalue weighted by Gasteiger charge is 2.25. The van der Waals surface area contributed by atoms with Crippen molar-refractivity contribution in [3.8, 4) is 0 Å². The van der Waals surface area contributed by atoms with Gasteiger partial charge in [-0.1, -0.05) is 19.9 Å². The second-order valence-corrected chi connectivity index (χ2v) is 8.21. The van der Waals surface area contributed by atoms with Gasteiger partial charge in [-0.05, 0) is 36.3 Å². The first-order valence-electron chi connectivity index (χ1n) is 8.03. The third-order valence-electron chi connectivity index (χ3n) is 4.36. The number of thioether (sulfide) groups is 1. The Labute approximate surface area is 144 Å². The lowest BCUT2D eigenvalue weighted by molar-refractivity contribution is 0.805. The Balaban J connectivity index is 2.04. The number of rotatable bonds is 4. The molecule has 1 aliphatic carbocycles. The molecule has 0 aromatic carbocycles. The predicted octanol–water partition coefficient (Wildman–Crippen LogP) is 5.13. The van der Waals surface area contributed by atoms with E-state index in [0.29, 0.717) is 5.92 Å². The minimum atomic E-state index is 0.470. The van der Waals surface area contributed by atoms with E-state index in [-0.39, 0.29) is 0 Å². The van der Waals surface area contributed by atoms with Gasteiger partial charge in [0.15, 0.2) is 0 Å². The summed E-state index contributed by atoms with van der Waals surface area (Å²) in [4.78, 5) is 15.2. The lowest BCUT2D eigenvalue weighted by Gasteiger charge is -2.11. The molecule has 0 aliphatic heterocycles. The van der Waals surface area contributed by atoms with Gasteiger partial charge in [0, 0.05) is 16.8 Å². The molecule has 0 bridgehead atoms. The molecule has 0 radical (unpaired) electrons. The Morgan fingerprint density at radius 3 is 2.91 bits per heavy atom. The fourth-order valence-corrected chi connectivity index (χ4v) is 5.40. The van der Waals surface area contributed by atoms with Crippen molar-refractivity contribution >= 4 is 43.5 Å². The molecule has 3 aromatic rings.